The van der Waals surface area contributed by atoms with Crippen LogP contribution in [0.3, 0.4) is 0 Å². The number of methoxy groups -OCH3 is 1. The summed E-state index contributed by atoms with van der Waals surface area (Å²) in [6.45, 7) is 3.11. The fraction of sp³-hybridized carbons (Fsp3) is 0.417. The zero-order valence-corrected chi connectivity index (χ0v) is 11.0. The van der Waals surface area contributed by atoms with Crippen LogP contribution in [0.4, 0.5) is 4.39 Å². The molecule has 0 aromatic heterocycles. The molecular formula is C12H14ClFO4. The lowest BCUT2D eigenvalue weighted by atomic mass is 9.80. The molecule has 0 heterocycles. The van der Waals surface area contributed by atoms with E-state index < -0.39 is 17.2 Å². The van der Waals surface area contributed by atoms with Crippen molar-refractivity contribution in [2.75, 3.05) is 7.11 Å². The third kappa shape index (κ3) is 2.67. The van der Waals surface area contributed by atoms with Gasteiger partial charge in [0, 0.05) is 17.0 Å². The lowest BCUT2D eigenvalue weighted by Crippen LogP contribution is -2.23. The Hall–Kier alpha value is -1.49. The third-order valence-corrected chi connectivity index (χ3v) is 3.02. The Kier molecular flexibility index (Phi) is 4.06. The van der Waals surface area contributed by atoms with E-state index in [1.807, 2.05) is 0 Å². The third-order valence-electron chi connectivity index (χ3n) is 2.65. The zero-order chi connectivity index (χ0) is 14.1. The predicted octanol–water partition coefficient (Wildman–Crippen LogP) is 2.95. The van der Waals surface area contributed by atoms with E-state index in [1.54, 1.807) is 13.8 Å². The molecule has 0 saturated heterocycles. The van der Waals surface area contributed by atoms with Crippen LogP contribution in [0.5, 0.6) is 11.5 Å². The fourth-order valence-electron chi connectivity index (χ4n) is 1.83. The molecule has 1 rings (SSSR count). The van der Waals surface area contributed by atoms with Gasteiger partial charge in [-0.05, 0) is 0 Å². The van der Waals surface area contributed by atoms with E-state index in [-0.39, 0.29) is 28.5 Å². The summed E-state index contributed by atoms with van der Waals surface area (Å²) in [7, 11) is 1.27. The van der Waals surface area contributed by atoms with Gasteiger partial charge in [-0.1, -0.05) is 25.4 Å². The fourth-order valence-corrected chi connectivity index (χ4v) is 2.23. The van der Waals surface area contributed by atoms with Crippen molar-refractivity contribution in [1.29, 1.82) is 0 Å². The Balaban J connectivity index is 3.47. The first-order valence-electron chi connectivity index (χ1n) is 5.18. The Labute approximate surface area is 109 Å². The molecular weight excluding hydrogens is 263 g/mol. The smallest absolute Gasteiger partial charge is 0.304 e. The molecule has 0 amide bonds. The number of carboxylic acids is 1. The monoisotopic (exact) mass is 276 g/mol. The number of hydrogen-bond donors (Lipinski definition) is 2. The van der Waals surface area contributed by atoms with Gasteiger partial charge in [0.1, 0.15) is 5.82 Å². The van der Waals surface area contributed by atoms with E-state index >= 15 is 0 Å². The van der Waals surface area contributed by atoms with E-state index in [1.165, 1.54) is 7.11 Å². The first kappa shape index (κ1) is 14.6. The SMILES string of the molecule is COc1cc(F)c(Cl)c(C(C)(C)CC(=O)O)c1O. The Morgan fingerprint density at radius 2 is 2.11 bits per heavy atom. The van der Waals surface area contributed by atoms with Crippen LogP contribution in [0.1, 0.15) is 25.8 Å². The standard InChI is InChI=1S/C12H14ClFO4/c1-12(2,5-8(15)16)9-10(13)6(14)4-7(18-3)11(9)17/h4,17H,5H2,1-3H3,(H,15,16). The summed E-state index contributed by atoms with van der Waals surface area (Å²) in [4.78, 5) is 10.8. The van der Waals surface area contributed by atoms with Crippen LogP contribution in [-0.2, 0) is 10.2 Å². The van der Waals surface area contributed by atoms with Gasteiger partial charge in [0.15, 0.2) is 11.5 Å². The highest BCUT2D eigenvalue weighted by atomic mass is 35.5. The second kappa shape index (κ2) is 5.02. The number of hydrogen-bond acceptors (Lipinski definition) is 3. The molecule has 0 fully saturated rings. The average Bonchev–Trinajstić information content (AvgIpc) is 2.21. The Morgan fingerprint density at radius 3 is 2.56 bits per heavy atom. The maximum Gasteiger partial charge on any atom is 0.304 e. The molecule has 1 aromatic carbocycles. The van der Waals surface area contributed by atoms with Crippen LogP contribution in [0.2, 0.25) is 5.02 Å². The normalized spacial score (nSPS) is 11.4. The van der Waals surface area contributed by atoms with Crippen molar-refractivity contribution < 1.29 is 24.1 Å². The highest BCUT2D eigenvalue weighted by Gasteiger charge is 2.32. The van der Waals surface area contributed by atoms with Gasteiger partial charge in [-0.25, -0.2) is 4.39 Å². The second-order valence-electron chi connectivity index (χ2n) is 4.55. The lowest BCUT2D eigenvalue weighted by Gasteiger charge is -2.26. The number of aromatic hydroxyl groups is 1. The van der Waals surface area contributed by atoms with Gasteiger partial charge in [0.25, 0.3) is 0 Å². The Bertz CT molecular complexity index is 485. The Morgan fingerprint density at radius 1 is 1.56 bits per heavy atom. The zero-order valence-electron chi connectivity index (χ0n) is 10.3. The summed E-state index contributed by atoms with van der Waals surface area (Å²) in [5, 5.41) is 18.5. The molecule has 0 aliphatic carbocycles. The number of ether oxygens (including phenoxy) is 1. The van der Waals surface area contributed by atoms with Gasteiger partial charge in [0.2, 0.25) is 0 Å². The molecule has 0 bridgehead atoms. The van der Waals surface area contributed by atoms with Crippen molar-refractivity contribution in [2.24, 2.45) is 0 Å². The molecule has 0 spiro atoms. The van der Waals surface area contributed by atoms with Gasteiger partial charge in [-0.2, -0.15) is 0 Å². The molecule has 0 atom stereocenters. The number of phenols is 1. The number of phenolic OH excluding ortho intramolecular Hbond substituents is 1. The van der Waals surface area contributed by atoms with Crippen molar-refractivity contribution in [3.05, 3.63) is 22.5 Å². The molecule has 100 valence electrons. The summed E-state index contributed by atoms with van der Waals surface area (Å²) in [5.74, 6) is -2.25. The summed E-state index contributed by atoms with van der Waals surface area (Å²) < 4.78 is 18.4. The molecule has 2 N–H and O–H groups in total. The summed E-state index contributed by atoms with van der Waals surface area (Å²) in [5.41, 5.74) is -0.994. The number of rotatable bonds is 4. The minimum atomic E-state index is -1.07. The van der Waals surface area contributed by atoms with Crippen LogP contribution < -0.4 is 4.74 Å². The largest absolute Gasteiger partial charge is 0.504 e. The van der Waals surface area contributed by atoms with Crippen LogP contribution >= 0.6 is 11.6 Å². The van der Waals surface area contributed by atoms with Crippen molar-refractivity contribution in [3.63, 3.8) is 0 Å². The topological polar surface area (TPSA) is 66.8 Å². The van der Waals surface area contributed by atoms with Gasteiger partial charge in [0.05, 0.1) is 18.6 Å². The van der Waals surface area contributed by atoms with Crippen LogP contribution in [-0.4, -0.2) is 23.3 Å². The quantitative estimate of drug-likeness (QED) is 0.887. The van der Waals surface area contributed by atoms with Crippen molar-refractivity contribution in [2.45, 2.75) is 25.7 Å². The number of carboxylic acid groups (broad SMARTS) is 1. The van der Waals surface area contributed by atoms with Gasteiger partial charge in [-0.15, -0.1) is 0 Å². The molecule has 6 heteroatoms. The molecule has 0 radical (unpaired) electrons. The summed E-state index contributed by atoms with van der Waals surface area (Å²) in [6, 6.07) is 0.956. The predicted molar refractivity (Wildman–Crippen MR) is 64.9 cm³/mol. The number of benzene rings is 1. The van der Waals surface area contributed by atoms with Crippen molar-refractivity contribution in [3.8, 4) is 11.5 Å². The van der Waals surface area contributed by atoms with Crippen LogP contribution in [0, 0.1) is 5.82 Å². The van der Waals surface area contributed by atoms with E-state index in [4.69, 9.17) is 21.4 Å². The lowest BCUT2D eigenvalue weighted by molar-refractivity contribution is -0.138. The first-order chi connectivity index (χ1) is 8.20. The molecule has 0 saturated carbocycles. The van der Waals surface area contributed by atoms with Crippen LogP contribution in [0.15, 0.2) is 6.07 Å². The van der Waals surface area contributed by atoms with E-state index in [0.717, 1.165) is 6.07 Å². The van der Waals surface area contributed by atoms with Gasteiger partial charge >= 0.3 is 5.97 Å². The minimum absolute atomic E-state index is 0.0309. The molecule has 1 aromatic rings. The average molecular weight is 277 g/mol. The molecule has 0 aliphatic rings. The van der Waals surface area contributed by atoms with Crippen molar-refractivity contribution in [1.82, 2.24) is 0 Å². The van der Waals surface area contributed by atoms with E-state index in [2.05, 4.69) is 0 Å². The number of halogens is 2. The van der Waals surface area contributed by atoms with Gasteiger partial charge in [-0.3, -0.25) is 4.79 Å². The van der Waals surface area contributed by atoms with Gasteiger partial charge < -0.3 is 14.9 Å². The first-order valence-corrected chi connectivity index (χ1v) is 5.55. The highest BCUT2D eigenvalue weighted by molar-refractivity contribution is 6.32. The maximum absolute atomic E-state index is 13.6. The highest BCUT2D eigenvalue weighted by Crippen LogP contribution is 2.45. The maximum atomic E-state index is 13.6. The minimum Gasteiger partial charge on any atom is -0.504 e. The summed E-state index contributed by atoms with van der Waals surface area (Å²) >= 11 is 5.81. The molecule has 18 heavy (non-hydrogen) atoms. The molecule has 0 aliphatic heterocycles. The summed E-state index contributed by atoms with van der Waals surface area (Å²) in [6.07, 6.45) is -0.299. The van der Waals surface area contributed by atoms with E-state index in [0.29, 0.717) is 0 Å². The molecule has 4 nitrogen and oxygen atoms in total. The number of carbonyl (C=O) groups is 1. The van der Waals surface area contributed by atoms with Crippen LogP contribution in [0.25, 0.3) is 0 Å². The van der Waals surface area contributed by atoms with Crippen molar-refractivity contribution >= 4 is 17.6 Å². The van der Waals surface area contributed by atoms with E-state index in [9.17, 15) is 14.3 Å². The number of aliphatic carboxylic acids is 1. The second-order valence-corrected chi connectivity index (χ2v) is 4.93. The molecule has 0 unspecified atom stereocenters.